The molecule has 2 aromatic rings. The van der Waals surface area contributed by atoms with E-state index in [2.05, 4.69) is 15.6 Å². The SMILES string of the molecule is COc1cc(NC(=O)[C@@H]2CCCN2)ccc1-c1cnco1. The number of benzene rings is 1. The second-order valence-corrected chi connectivity index (χ2v) is 4.92. The average molecular weight is 287 g/mol. The highest BCUT2D eigenvalue weighted by atomic mass is 16.5. The number of nitrogens with zero attached hydrogens (tertiary/aromatic N) is 1. The molecule has 1 aromatic carbocycles. The van der Waals surface area contributed by atoms with Gasteiger partial charge in [0, 0.05) is 11.8 Å². The molecule has 3 rings (SSSR count). The third kappa shape index (κ3) is 2.90. The molecule has 2 heterocycles. The van der Waals surface area contributed by atoms with Crippen LogP contribution >= 0.6 is 0 Å². The molecule has 6 nitrogen and oxygen atoms in total. The number of hydrogen-bond donors (Lipinski definition) is 2. The van der Waals surface area contributed by atoms with Crippen molar-refractivity contribution in [3.8, 4) is 17.1 Å². The lowest BCUT2D eigenvalue weighted by molar-refractivity contribution is -0.117. The van der Waals surface area contributed by atoms with E-state index in [9.17, 15) is 4.79 Å². The van der Waals surface area contributed by atoms with Crippen molar-refractivity contribution in [2.75, 3.05) is 19.0 Å². The fourth-order valence-electron chi connectivity index (χ4n) is 2.46. The van der Waals surface area contributed by atoms with Gasteiger partial charge < -0.3 is 19.8 Å². The number of oxazole rings is 1. The van der Waals surface area contributed by atoms with Crippen molar-refractivity contribution in [1.82, 2.24) is 10.3 Å². The van der Waals surface area contributed by atoms with E-state index < -0.39 is 0 Å². The van der Waals surface area contributed by atoms with Crippen LogP contribution in [0.5, 0.6) is 5.75 Å². The zero-order chi connectivity index (χ0) is 14.7. The lowest BCUT2D eigenvalue weighted by Gasteiger charge is -2.13. The lowest BCUT2D eigenvalue weighted by Crippen LogP contribution is -2.35. The van der Waals surface area contributed by atoms with Crippen molar-refractivity contribution in [2.45, 2.75) is 18.9 Å². The maximum absolute atomic E-state index is 12.1. The molecule has 0 spiro atoms. The van der Waals surface area contributed by atoms with Gasteiger partial charge >= 0.3 is 0 Å². The van der Waals surface area contributed by atoms with Crippen LogP contribution in [0.2, 0.25) is 0 Å². The number of rotatable bonds is 4. The summed E-state index contributed by atoms with van der Waals surface area (Å²) in [6.45, 7) is 0.895. The number of amides is 1. The Morgan fingerprint density at radius 3 is 3.10 bits per heavy atom. The van der Waals surface area contributed by atoms with Crippen molar-refractivity contribution in [1.29, 1.82) is 0 Å². The summed E-state index contributed by atoms with van der Waals surface area (Å²) >= 11 is 0. The van der Waals surface area contributed by atoms with Gasteiger partial charge in [-0.25, -0.2) is 4.98 Å². The molecule has 6 heteroatoms. The third-order valence-corrected chi connectivity index (χ3v) is 3.54. The summed E-state index contributed by atoms with van der Waals surface area (Å²) in [4.78, 5) is 16.0. The van der Waals surface area contributed by atoms with Crippen LogP contribution in [0.3, 0.4) is 0 Å². The summed E-state index contributed by atoms with van der Waals surface area (Å²) in [6.07, 6.45) is 4.90. The molecule has 1 saturated heterocycles. The Kier molecular flexibility index (Phi) is 3.87. The van der Waals surface area contributed by atoms with Crippen LogP contribution in [0.4, 0.5) is 5.69 Å². The van der Waals surface area contributed by atoms with E-state index in [1.54, 1.807) is 19.4 Å². The quantitative estimate of drug-likeness (QED) is 0.900. The minimum Gasteiger partial charge on any atom is -0.496 e. The number of carbonyl (C=O) groups excluding carboxylic acids is 1. The van der Waals surface area contributed by atoms with E-state index in [0.717, 1.165) is 24.9 Å². The van der Waals surface area contributed by atoms with Gasteiger partial charge in [-0.1, -0.05) is 0 Å². The Bertz CT molecular complexity index is 619. The molecular weight excluding hydrogens is 270 g/mol. The highest BCUT2D eigenvalue weighted by Gasteiger charge is 2.22. The second-order valence-electron chi connectivity index (χ2n) is 4.92. The molecule has 1 aliphatic rings. The van der Waals surface area contributed by atoms with Crippen molar-refractivity contribution in [2.24, 2.45) is 0 Å². The fourth-order valence-corrected chi connectivity index (χ4v) is 2.46. The van der Waals surface area contributed by atoms with Crippen LogP contribution in [-0.4, -0.2) is 30.6 Å². The Balaban J connectivity index is 1.79. The molecule has 1 atom stereocenters. The first-order valence-corrected chi connectivity index (χ1v) is 6.89. The highest BCUT2D eigenvalue weighted by molar-refractivity contribution is 5.95. The summed E-state index contributed by atoms with van der Waals surface area (Å²) < 4.78 is 10.6. The number of aromatic nitrogens is 1. The molecule has 1 aromatic heterocycles. The first kappa shape index (κ1) is 13.6. The molecule has 21 heavy (non-hydrogen) atoms. The third-order valence-electron chi connectivity index (χ3n) is 3.54. The molecular formula is C15H17N3O3. The van der Waals surface area contributed by atoms with E-state index in [4.69, 9.17) is 9.15 Å². The van der Waals surface area contributed by atoms with Gasteiger partial charge in [0.1, 0.15) is 5.75 Å². The van der Waals surface area contributed by atoms with Gasteiger partial charge in [0.15, 0.2) is 12.2 Å². The summed E-state index contributed by atoms with van der Waals surface area (Å²) in [5, 5.41) is 6.08. The van der Waals surface area contributed by atoms with E-state index in [1.807, 2.05) is 12.1 Å². The van der Waals surface area contributed by atoms with E-state index in [-0.39, 0.29) is 11.9 Å². The van der Waals surface area contributed by atoms with E-state index >= 15 is 0 Å². The van der Waals surface area contributed by atoms with Gasteiger partial charge in [-0.3, -0.25) is 4.79 Å². The lowest BCUT2D eigenvalue weighted by atomic mass is 10.1. The van der Waals surface area contributed by atoms with Crippen LogP contribution < -0.4 is 15.4 Å². The average Bonchev–Trinajstić information content (AvgIpc) is 3.20. The van der Waals surface area contributed by atoms with Crippen molar-refractivity contribution >= 4 is 11.6 Å². The monoisotopic (exact) mass is 287 g/mol. The van der Waals surface area contributed by atoms with Gasteiger partial charge in [0.25, 0.3) is 0 Å². The molecule has 0 aliphatic carbocycles. The number of methoxy groups -OCH3 is 1. The molecule has 0 unspecified atom stereocenters. The summed E-state index contributed by atoms with van der Waals surface area (Å²) in [5.74, 6) is 1.24. The predicted molar refractivity (Wildman–Crippen MR) is 78.1 cm³/mol. The summed E-state index contributed by atoms with van der Waals surface area (Å²) in [6, 6.07) is 5.35. The van der Waals surface area contributed by atoms with Gasteiger partial charge in [0.2, 0.25) is 5.91 Å². The zero-order valence-electron chi connectivity index (χ0n) is 11.8. The van der Waals surface area contributed by atoms with Crippen LogP contribution in [0.1, 0.15) is 12.8 Å². The van der Waals surface area contributed by atoms with E-state index in [0.29, 0.717) is 17.2 Å². The van der Waals surface area contributed by atoms with Crippen molar-refractivity contribution in [3.63, 3.8) is 0 Å². The number of ether oxygens (including phenoxy) is 1. The van der Waals surface area contributed by atoms with Gasteiger partial charge in [-0.15, -0.1) is 0 Å². The predicted octanol–water partition coefficient (Wildman–Crippen LogP) is 2.04. The molecule has 2 N–H and O–H groups in total. The van der Waals surface area contributed by atoms with Crippen LogP contribution in [-0.2, 0) is 4.79 Å². The van der Waals surface area contributed by atoms with Crippen molar-refractivity contribution < 1.29 is 13.9 Å². The van der Waals surface area contributed by atoms with Crippen molar-refractivity contribution in [3.05, 3.63) is 30.8 Å². The zero-order valence-corrected chi connectivity index (χ0v) is 11.8. The number of hydrogen-bond acceptors (Lipinski definition) is 5. The molecule has 0 saturated carbocycles. The Labute approximate surface area is 122 Å². The second kappa shape index (κ2) is 5.97. The normalized spacial score (nSPS) is 17.7. The first-order chi connectivity index (χ1) is 10.3. The number of nitrogens with one attached hydrogen (secondary N) is 2. The molecule has 1 fully saturated rings. The molecule has 110 valence electrons. The van der Waals surface area contributed by atoms with Crippen LogP contribution in [0.25, 0.3) is 11.3 Å². The largest absolute Gasteiger partial charge is 0.496 e. The molecule has 0 radical (unpaired) electrons. The number of anilines is 1. The van der Waals surface area contributed by atoms with Crippen LogP contribution in [0, 0.1) is 0 Å². The minimum absolute atomic E-state index is 0.0121. The summed E-state index contributed by atoms with van der Waals surface area (Å²) in [5.41, 5.74) is 1.50. The standard InChI is InChI=1S/C15H17N3O3/c1-20-13-7-10(18-15(19)12-3-2-6-17-12)4-5-11(13)14-8-16-9-21-14/h4-5,7-9,12,17H,2-3,6H2,1H3,(H,18,19)/t12-/m0/s1. The smallest absolute Gasteiger partial charge is 0.241 e. The maximum Gasteiger partial charge on any atom is 0.241 e. The van der Waals surface area contributed by atoms with Gasteiger partial charge in [0.05, 0.1) is 24.9 Å². The van der Waals surface area contributed by atoms with E-state index in [1.165, 1.54) is 6.39 Å². The Hall–Kier alpha value is -2.34. The maximum atomic E-state index is 12.1. The van der Waals surface area contributed by atoms with Crippen LogP contribution in [0.15, 0.2) is 35.2 Å². The summed E-state index contributed by atoms with van der Waals surface area (Å²) in [7, 11) is 1.58. The highest BCUT2D eigenvalue weighted by Crippen LogP contribution is 2.32. The Morgan fingerprint density at radius 1 is 1.52 bits per heavy atom. The fraction of sp³-hybridized carbons (Fsp3) is 0.333. The van der Waals surface area contributed by atoms with Gasteiger partial charge in [-0.05, 0) is 31.5 Å². The molecule has 1 aliphatic heterocycles. The van der Waals surface area contributed by atoms with Gasteiger partial charge in [-0.2, -0.15) is 0 Å². The molecule has 1 amide bonds. The molecule has 0 bridgehead atoms. The Morgan fingerprint density at radius 2 is 2.43 bits per heavy atom. The number of carbonyl (C=O) groups is 1. The first-order valence-electron chi connectivity index (χ1n) is 6.89. The topological polar surface area (TPSA) is 76.4 Å². The minimum atomic E-state index is -0.107.